The number of carbonyl (C=O) groups is 1. The zero-order valence-corrected chi connectivity index (χ0v) is 13.6. The van der Waals surface area contributed by atoms with Crippen LogP contribution in [0.4, 0.5) is 0 Å². The number of pyridine rings is 1. The molecule has 2 aromatic rings. The third-order valence-electron chi connectivity index (χ3n) is 3.28. The average Bonchev–Trinajstić information content (AvgIpc) is 2.94. The van der Waals surface area contributed by atoms with Gasteiger partial charge in [0, 0.05) is 44.6 Å². The molecule has 0 aliphatic heterocycles. The van der Waals surface area contributed by atoms with Crippen LogP contribution in [-0.4, -0.2) is 38.9 Å². The zero-order chi connectivity index (χ0) is 16.7. The van der Waals surface area contributed by atoms with Crippen molar-refractivity contribution >= 4 is 23.6 Å². The second-order valence-corrected chi connectivity index (χ2v) is 5.65. The number of nitrogens with one attached hydrogen (secondary N) is 1. The molecule has 0 aliphatic rings. The van der Waals surface area contributed by atoms with Gasteiger partial charge in [-0.15, -0.1) is 0 Å². The highest BCUT2D eigenvalue weighted by Crippen LogP contribution is 2.09. The SMILES string of the molecule is Cn1cc(CC(CO)CNC(=O)C=Cc2ccnc(Cl)c2)cn1. The van der Waals surface area contributed by atoms with Crippen molar-refractivity contribution in [3.8, 4) is 0 Å². The van der Waals surface area contributed by atoms with Crippen LogP contribution in [0, 0.1) is 5.92 Å². The lowest BCUT2D eigenvalue weighted by molar-refractivity contribution is -0.116. The maximum absolute atomic E-state index is 11.8. The van der Waals surface area contributed by atoms with Crippen molar-refractivity contribution in [1.82, 2.24) is 20.1 Å². The summed E-state index contributed by atoms with van der Waals surface area (Å²) in [5.74, 6) is -0.269. The number of halogens is 1. The van der Waals surface area contributed by atoms with E-state index in [4.69, 9.17) is 11.6 Å². The van der Waals surface area contributed by atoms with Crippen LogP contribution in [0.15, 0.2) is 36.8 Å². The lowest BCUT2D eigenvalue weighted by Gasteiger charge is -2.13. The Morgan fingerprint density at radius 3 is 3.04 bits per heavy atom. The Morgan fingerprint density at radius 1 is 1.57 bits per heavy atom. The second kappa shape index (κ2) is 8.45. The summed E-state index contributed by atoms with van der Waals surface area (Å²) in [5, 5.41) is 16.7. The Morgan fingerprint density at radius 2 is 2.39 bits per heavy atom. The van der Waals surface area contributed by atoms with Crippen molar-refractivity contribution in [3.05, 3.63) is 53.1 Å². The molecular formula is C16H19ClN4O2. The number of carbonyl (C=O) groups excluding carboxylic acids is 1. The van der Waals surface area contributed by atoms with Gasteiger partial charge >= 0.3 is 0 Å². The predicted molar refractivity (Wildman–Crippen MR) is 88.8 cm³/mol. The van der Waals surface area contributed by atoms with E-state index < -0.39 is 0 Å². The normalized spacial score (nSPS) is 12.5. The van der Waals surface area contributed by atoms with Gasteiger partial charge < -0.3 is 10.4 Å². The van der Waals surface area contributed by atoms with Gasteiger partial charge in [-0.05, 0) is 35.8 Å². The molecule has 2 heterocycles. The minimum absolute atomic E-state index is 0.00114. The van der Waals surface area contributed by atoms with Crippen molar-refractivity contribution in [2.24, 2.45) is 13.0 Å². The zero-order valence-electron chi connectivity index (χ0n) is 12.8. The number of rotatable bonds is 7. The van der Waals surface area contributed by atoms with Crippen molar-refractivity contribution in [2.45, 2.75) is 6.42 Å². The monoisotopic (exact) mass is 334 g/mol. The molecule has 2 N–H and O–H groups in total. The number of aryl methyl sites for hydroxylation is 1. The third-order valence-corrected chi connectivity index (χ3v) is 3.49. The minimum Gasteiger partial charge on any atom is -0.396 e. The van der Waals surface area contributed by atoms with Crippen molar-refractivity contribution < 1.29 is 9.90 Å². The van der Waals surface area contributed by atoms with E-state index in [1.807, 2.05) is 13.2 Å². The summed E-state index contributed by atoms with van der Waals surface area (Å²) < 4.78 is 1.71. The molecule has 0 saturated heterocycles. The molecule has 0 fully saturated rings. The van der Waals surface area contributed by atoms with Crippen molar-refractivity contribution in [2.75, 3.05) is 13.2 Å². The van der Waals surface area contributed by atoms with Gasteiger partial charge in [-0.2, -0.15) is 5.10 Å². The van der Waals surface area contributed by atoms with E-state index >= 15 is 0 Å². The second-order valence-electron chi connectivity index (χ2n) is 5.27. The van der Waals surface area contributed by atoms with Gasteiger partial charge in [0.25, 0.3) is 0 Å². The number of hydrogen-bond acceptors (Lipinski definition) is 4. The fraction of sp³-hybridized carbons (Fsp3) is 0.312. The molecule has 1 unspecified atom stereocenters. The number of amides is 1. The van der Waals surface area contributed by atoms with Gasteiger partial charge in [0.15, 0.2) is 0 Å². The first-order valence-corrected chi connectivity index (χ1v) is 7.60. The third kappa shape index (κ3) is 5.84. The first kappa shape index (κ1) is 17.2. The molecule has 1 atom stereocenters. The summed E-state index contributed by atoms with van der Waals surface area (Å²) in [7, 11) is 1.84. The summed E-state index contributed by atoms with van der Waals surface area (Å²) in [6, 6.07) is 3.43. The summed E-state index contributed by atoms with van der Waals surface area (Å²) in [4.78, 5) is 15.7. The molecule has 0 saturated carbocycles. The van der Waals surface area contributed by atoms with Crippen LogP contribution < -0.4 is 5.32 Å². The van der Waals surface area contributed by atoms with Gasteiger partial charge in [0.2, 0.25) is 5.91 Å². The van der Waals surface area contributed by atoms with Crippen LogP contribution in [0.3, 0.4) is 0 Å². The van der Waals surface area contributed by atoms with Crippen molar-refractivity contribution in [1.29, 1.82) is 0 Å². The molecule has 2 aromatic heterocycles. The van der Waals surface area contributed by atoms with Crippen LogP contribution in [0.2, 0.25) is 5.15 Å². The highest BCUT2D eigenvalue weighted by atomic mass is 35.5. The molecule has 0 bridgehead atoms. The van der Waals surface area contributed by atoms with Gasteiger partial charge in [-0.1, -0.05) is 11.6 Å². The summed E-state index contributed by atoms with van der Waals surface area (Å²) in [5.41, 5.74) is 1.83. The Labute approximate surface area is 139 Å². The van der Waals surface area contributed by atoms with Crippen LogP contribution >= 0.6 is 11.6 Å². The average molecular weight is 335 g/mol. The topological polar surface area (TPSA) is 80.0 Å². The van der Waals surface area contributed by atoms with E-state index in [1.165, 1.54) is 6.08 Å². The van der Waals surface area contributed by atoms with Gasteiger partial charge in [-0.3, -0.25) is 9.48 Å². The molecule has 1 amide bonds. The highest BCUT2D eigenvalue weighted by molar-refractivity contribution is 6.29. The smallest absolute Gasteiger partial charge is 0.244 e. The summed E-state index contributed by atoms with van der Waals surface area (Å²) in [6.45, 7) is 0.393. The van der Waals surface area contributed by atoms with E-state index in [0.29, 0.717) is 18.1 Å². The molecule has 23 heavy (non-hydrogen) atoms. The van der Waals surface area contributed by atoms with E-state index in [9.17, 15) is 9.90 Å². The Kier molecular flexibility index (Phi) is 6.31. The number of hydrogen-bond donors (Lipinski definition) is 2. The van der Waals surface area contributed by atoms with Crippen LogP contribution in [0.25, 0.3) is 6.08 Å². The maximum atomic E-state index is 11.8. The first-order chi connectivity index (χ1) is 11.1. The maximum Gasteiger partial charge on any atom is 0.244 e. The van der Waals surface area contributed by atoms with E-state index in [2.05, 4.69) is 15.4 Å². The number of nitrogens with zero attached hydrogens (tertiary/aromatic N) is 3. The highest BCUT2D eigenvalue weighted by Gasteiger charge is 2.10. The fourth-order valence-electron chi connectivity index (χ4n) is 2.11. The molecule has 0 radical (unpaired) electrons. The van der Waals surface area contributed by atoms with E-state index in [0.717, 1.165) is 11.1 Å². The molecule has 0 spiro atoms. The lowest BCUT2D eigenvalue weighted by Crippen LogP contribution is -2.30. The molecule has 7 heteroatoms. The van der Waals surface area contributed by atoms with Crippen LogP contribution in [0.1, 0.15) is 11.1 Å². The number of aliphatic hydroxyl groups excluding tert-OH is 1. The van der Waals surface area contributed by atoms with E-state index in [1.54, 1.807) is 35.3 Å². The van der Waals surface area contributed by atoms with Crippen molar-refractivity contribution in [3.63, 3.8) is 0 Å². The molecule has 0 aliphatic carbocycles. The van der Waals surface area contributed by atoms with Gasteiger partial charge in [0.1, 0.15) is 5.15 Å². The predicted octanol–water partition coefficient (Wildman–Crippen LogP) is 1.45. The fourth-order valence-corrected chi connectivity index (χ4v) is 2.29. The molecule has 122 valence electrons. The minimum atomic E-state index is -0.220. The number of aliphatic hydroxyl groups is 1. The Balaban J connectivity index is 1.82. The summed E-state index contributed by atoms with van der Waals surface area (Å²) >= 11 is 5.78. The summed E-state index contributed by atoms with van der Waals surface area (Å²) in [6.07, 6.45) is 9.00. The van der Waals surface area contributed by atoms with Gasteiger partial charge in [0.05, 0.1) is 6.20 Å². The Bertz CT molecular complexity index is 684. The van der Waals surface area contributed by atoms with Crippen LogP contribution in [0.5, 0.6) is 0 Å². The lowest BCUT2D eigenvalue weighted by atomic mass is 10.0. The molecular weight excluding hydrogens is 316 g/mol. The Hall–Kier alpha value is -2.18. The quantitative estimate of drug-likeness (QED) is 0.593. The van der Waals surface area contributed by atoms with E-state index in [-0.39, 0.29) is 18.4 Å². The molecule has 6 nitrogen and oxygen atoms in total. The van der Waals surface area contributed by atoms with Gasteiger partial charge in [-0.25, -0.2) is 4.98 Å². The molecule has 2 rings (SSSR count). The number of aromatic nitrogens is 3. The molecule has 0 aromatic carbocycles. The first-order valence-electron chi connectivity index (χ1n) is 7.22. The largest absolute Gasteiger partial charge is 0.396 e. The standard InChI is InChI=1S/C16H19ClN4O2/c1-21-10-13(9-20-21)6-14(11-22)8-19-16(23)3-2-12-4-5-18-15(17)7-12/h2-5,7,9-10,14,22H,6,8,11H2,1H3,(H,19,23). The van der Waals surface area contributed by atoms with Crippen LogP contribution in [-0.2, 0) is 18.3 Å².